The summed E-state index contributed by atoms with van der Waals surface area (Å²) in [5.41, 5.74) is 3.35. The first-order chi connectivity index (χ1) is 12.5. The van der Waals surface area contributed by atoms with Crippen molar-refractivity contribution in [3.05, 3.63) is 52.8 Å². The van der Waals surface area contributed by atoms with Crippen LogP contribution < -0.4 is 20.1 Å². The maximum atomic E-state index is 13.6. The summed E-state index contributed by atoms with van der Waals surface area (Å²) in [6.45, 7) is 6.81. The van der Waals surface area contributed by atoms with E-state index in [-0.39, 0.29) is 11.9 Å². The van der Waals surface area contributed by atoms with Crippen molar-refractivity contribution in [3.8, 4) is 11.5 Å². The van der Waals surface area contributed by atoms with Gasteiger partial charge < -0.3 is 20.1 Å². The minimum atomic E-state index is -0.263. The summed E-state index contributed by atoms with van der Waals surface area (Å²) < 4.78 is 25.2. The summed E-state index contributed by atoms with van der Waals surface area (Å²) in [7, 11) is 0. The average molecular weight is 374 g/mol. The largest absolute Gasteiger partial charge is 0.494 e. The normalized spacial score (nSPS) is 15.2. The van der Waals surface area contributed by atoms with Crippen molar-refractivity contribution in [2.24, 2.45) is 0 Å². The molecule has 0 radical (unpaired) electrons. The van der Waals surface area contributed by atoms with Crippen LogP contribution in [0.15, 0.2) is 30.3 Å². The third kappa shape index (κ3) is 4.25. The van der Waals surface area contributed by atoms with Crippen molar-refractivity contribution in [1.82, 2.24) is 5.32 Å². The molecule has 26 heavy (non-hydrogen) atoms. The van der Waals surface area contributed by atoms with Crippen LogP contribution in [0.2, 0.25) is 0 Å². The molecule has 1 aliphatic rings. The number of halogens is 1. The zero-order valence-electron chi connectivity index (χ0n) is 15.2. The van der Waals surface area contributed by atoms with Crippen molar-refractivity contribution in [2.45, 2.75) is 39.8 Å². The van der Waals surface area contributed by atoms with Gasteiger partial charge in [0.1, 0.15) is 23.4 Å². The van der Waals surface area contributed by atoms with E-state index in [1.807, 2.05) is 19.1 Å². The molecule has 0 spiro atoms. The van der Waals surface area contributed by atoms with E-state index < -0.39 is 0 Å². The SMILES string of the molecule is CCOc1cc2c(cc1CNC(=S)Nc1ccc(C)c(F)c1)O[C@H](C)C2. The molecule has 1 atom stereocenters. The lowest BCUT2D eigenvalue weighted by Crippen LogP contribution is -2.28. The van der Waals surface area contributed by atoms with Crippen LogP contribution in [-0.4, -0.2) is 17.8 Å². The number of fused-ring (bicyclic) bond motifs is 1. The summed E-state index contributed by atoms with van der Waals surface area (Å²) in [5, 5.41) is 6.57. The van der Waals surface area contributed by atoms with Gasteiger partial charge >= 0.3 is 0 Å². The first-order valence-electron chi connectivity index (χ1n) is 8.72. The Hall–Kier alpha value is -2.34. The van der Waals surface area contributed by atoms with Crippen LogP contribution in [0, 0.1) is 12.7 Å². The fourth-order valence-corrected chi connectivity index (χ4v) is 3.12. The van der Waals surface area contributed by atoms with E-state index in [9.17, 15) is 4.39 Å². The molecule has 3 rings (SSSR count). The van der Waals surface area contributed by atoms with Gasteiger partial charge in [-0.2, -0.15) is 0 Å². The van der Waals surface area contributed by atoms with Gasteiger partial charge in [-0.3, -0.25) is 0 Å². The lowest BCUT2D eigenvalue weighted by molar-refractivity contribution is 0.254. The second-order valence-electron chi connectivity index (χ2n) is 6.40. The molecular weight excluding hydrogens is 351 g/mol. The lowest BCUT2D eigenvalue weighted by Gasteiger charge is -2.15. The van der Waals surface area contributed by atoms with E-state index in [0.717, 1.165) is 23.5 Å². The Bertz CT molecular complexity index is 826. The fraction of sp³-hybridized carbons (Fsp3) is 0.350. The Balaban J connectivity index is 1.67. The Morgan fingerprint density at radius 2 is 2.15 bits per heavy atom. The van der Waals surface area contributed by atoms with Crippen molar-refractivity contribution < 1.29 is 13.9 Å². The molecule has 0 saturated heterocycles. The molecule has 0 bridgehead atoms. The van der Waals surface area contributed by atoms with Gasteiger partial charge in [0.15, 0.2) is 5.11 Å². The monoisotopic (exact) mass is 374 g/mol. The topological polar surface area (TPSA) is 42.5 Å². The molecule has 2 aromatic rings. The van der Waals surface area contributed by atoms with E-state index in [0.29, 0.717) is 29.5 Å². The zero-order chi connectivity index (χ0) is 18.7. The van der Waals surface area contributed by atoms with Gasteiger partial charge in [0, 0.05) is 29.8 Å². The number of hydrogen-bond donors (Lipinski definition) is 2. The summed E-state index contributed by atoms with van der Waals surface area (Å²) in [6, 6.07) is 8.99. The highest BCUT2D eigenvalue weighted by Crippen LogP contribution is 2.35. The van der Waals surface area contributed by atoms with E-state index in [2.05, 4.69) is 17.6 Å². The van der Waals surface area contributed by atoms with Gasteiger partial charge in [0.2, 0.25) is 0 Å². The van der Waals surface area contributed by atoms with Crippen molar-refractivity contribution in [3.63, 3.8) is 0 Å². The van der Waals surface area contributed by atoms with Crippen LogP contribution in [0.1, 0.15) is 30.5 Å². The van der Waals surface area contributed by atoms with E-state index in [1.54, 1.807) is 19.1 Å². The molecule has 0 fully saturated rings. The van der Waals surface area contributed by atoms with Crippen LogP contribution in [-0.2, 0) is 13.0 Å². The minimum Gasteiger partial charge on any atom is -0.494 e. The Morgan fingerprint density at radius 3 is 2.88 bits per heavy atom. The molecule has 0 amide bonds. The molecule has 4 nitrogen and oxygen atoms in total. The van der Waals surface area contributed by atoms with Gasteiger partial charge in [0.25, 0.3) is 0 Å². The summed E-state index contributed by atoms with van der Waals surface area (Å²) in [4.78, 5) is 0. The number of ether oxygens (including phenoxy) is 2. The quantitative estimate of drug-likeness (QED) is 0.762. The summed E-state index contributed by atoms with van der Waals surface area (Å²) in [5.74, 6) is 1.47. The van der Waals surface area contributed by atoms with E-state index in [1.165, 1.54) is 11.6 Å². The smallest absolute Gasteiger partial charge is 0.171 e. The first-order valence-corrected chi connectivity index (χ1v) is 9.13. The number of anilines is 1. The van der Waals surface area contributed by atoms with Crippen LogP contribution in [0.25, 0.3) is 0 Å². The van der Waals surface area contributed by atoms with Crippen LogP contribution in [0.4, 0.5) is 10.1 Å². The minimum absolute atomic E-state index is 0.182. The highest BCUT2D eigenvalue weighted by atomic mass is 32.1. The molecule has 6 heteroatoms. The number of aryl methyl sites for hydroxylation is 1. The molecule has 1 heterocycles. The van der Waals surface area contributed by atoms with Crippen molar-refractivity contribution in [2.75, 3.05) is 11.9 Å². The Labute approximate surface area is 158 Å². The van der Waals surface area contributed by atoms with Gasteiger partial charge in [-0.05, 0) is 62.8 Å². The molecule has 138 valence electrons. The van der Waals surface area contributed by atoms with Crippen molar-refractivity contribution >= 4 is 23.0 Å². The van der Waals surface area contributed by atoms with Gasteiger partial charge in [-0.1, -0.05) is 6.07 Å². The van der Waals surface area contributed by atoms with E-state index in [4.69, 9.17) is 21.7 Å². The highest BCUT2D eigenvalue weighted by Gasteiger charge is 2.21. The molecule has 0 aromatic heterocycles. The predicted octanol–water partition coefficient (Wildman–Crippen LogP) is 4.34. The molecule has 0 saturated carbocycles. The number of benzene rings is 2. The third-order valence-corrected chi connectivity index (χ3v) is 4.49. The van der Waals surface area contributed by atoms with E-state index >= 15 is 0 Å². The number of hydrogen-bond acceptors (Lipinski definition) is 3. The van der Waals surface area contributed by atoms with Crippen molar-refractivity contribution in [1.29, 1.82) is 0 Å². The molecular formula is C20H23FN2O2S. The predicted molar refractivity (Wildman–Crippen MR) is 106 cm³/mol. The van der Waals surface area contributed by atoms with Gasteiger partial charge in [-0.25, -0.2) is 4.39 Å². The third-order valence-electron chi connectivity index (χ3n) is 4.25. The second kappa shape index (κ2) is 7.91. The standard InChI is InChI=1S/C20H23FN2O2S/c1-4-24-18-8-14-7-13(3)25-19(14)9-15(18)11-22-20(26)23-16-6-5-12(2)17(21)10-16/h5-6,8-10,13H,4,7,11H2,1-3H3,(H2,22,23,26)/t13-/m1/s1. The van der Waals surface area contributed by atoms with Crippen LogP contribution in [0.3, 0.4) is 0 Å². The zero-order valence-corrected chi connectivity index (χ0v) is 16.0. The number of rotatable bonds is 5. The maximum Gasteiger partial charge on any atom is 0.171 e. The van der Waals surface area contributed by atoms with Gasteiger partial charge in [-0.15, -0.1) is 0 Å². The molecule has 2 aromatic carbocycles. The highest BCUT2D eigenvalue weighted by molar-refractivity contribution is 7.80. The second-order valence-corrected chi connectivity index (χ2v) is 6.81. The fourth-order valence-electron chi connectivity index (χ4n) is 2.93. The van der Waals surface area contributed by atoms with Gasteiger partial charge in [0.05, 0.1) is 6.61 Å². The Kier molecular flexibility index (Phi) is 5.61. The molecule has 0 aliphatic carbocycles. The number of nitrogens with one attached hydrogen (secondary N) is 2. The molecule has 0 unspecified atom stereocenters. The average Bonchev–Trinajstić information content (AvgIpc) is 2.95. The molecule has 2 N–H and O–H groups in total. The Morgan fingerprint density at radius 1 is 1.35 bits per heavy atom. The summed E-state index contributed by atoms with van der Waals surface area (Å²) in [6.07, 6.45) is 1.07. The van der Waals surface area contributed by atoms with Crippen LogP contribution >= 0.6 is 12.2 Å². The lowest BCUT2D eigenvalue weighted by atomic mass is 10.1. The molecule has 1 aliphatic heterocycles. The summed E-state index contributed by atoms with van der Waals surface area (Å²) >= 11 is 5.32. The maximum absolute atomic E-state index is 13.6. The first kappa shape index (κ1) is 18.5. The number of thiocarbonyl (C=S) groups is 1. The van der Waals surface area contributed by atoms with Crippen LogP contribution in [0.5, 0.6) is 11.5 Å².